The maximum atomic E-state index is 13.2. The Hall–Kier alpha value is -1.99. The van der Waals surface area contributed by atoms with Crippen molar-refractivity contribution in [3.05, 3.63) is 46.5 Å². The highest BCUT2D eigenvalue weighted by atomic mass is 32.1. The molecule has 144 valence electrons. The summed E-state index contributed by atoms with van der Waals surface area (Å²) in [6.45, 7) is 3.47. The van der Waals surface area contributed by atoms with Crippen LogP contribution < -0.4 is 0 Å². The Kier molecular flexibility index (Phi) is 5.41. The van der Waals surface area contributed by atoms with Gasteiger partial charge in [0.2, 0.25) is 5.91 Å². The van der Waals surface area contributed by atoms with Gasteiger partial charge in [0.25, 0.3) is 0 Å². The molecule has 0 spiro atoms. The minimum absolute atomic E-state index is 0.0301. The van der Waals surface area contributed by atoms with Gasteiger partial charge in [-0.2, -0.15) is 5.10 Å². The third-order valence-electron chi connectivity index (χ3n) is 5.96. The summed E-state index contributed by atoms with van der Waals surface area (Å²) in [5.41, 5.74) is 1.28. The zero-order chi connectivity index (χ0) is 18.8. The Bertz CT molecular complexity index is 838. The molecule has 1 atom stereocenters. The molecular weight excluding hydrogens is 358 g/mol. The van der Waals surface area contributed by atoms with Crippen LogP contribution in [0, 0.1) is 4.77 Å². The second-order valence-electron chi connectivity index (χ2n) is 7.66. The van der Waals surface area contributed by atoms with E-state index in [0.717, 1.165) is 57.7 Å². The summed E-state index contributed by atoms with van der Waals surface area (Å²) in [6, 6.07) is 10.5. The third-order valence-corrected chi connectivity index (χ3v) is 6.33. The third kappa shape index (κ3) is 3.84. The van der Waals surface area contributed by atoms with E-state index in [9.17, 15) is 4.79 Å². The highest BCUT2D eigenvalue weighted by Crippen LogP contribution is 2.29. The summed E-state index contributed by atoms with van der Waals surface area (Å²) in [4.78, 5) is 17.6. The van der Waals surface area contributed by atoms with Crippen molar-refractivity contribution >= 4 is 18.1 Å². The van der Waals surface area contributed by atoms with E-state index < -0.39 is 0 Å². The van der Waals surface area contributed by atoms with Gasteiger partial charge < -0.3 is 9.47 Å². The number of likely N-dealkylation sites (tertiary alicyclic amines) is 2. The van der Waals surface area contributed by atoms with Gasteiger partial charge in [-0.3, -0.25) is 14.8 Å². The average molecular weight is 386 g/mol. The average Bonchev–Trinajstić information content (AvgIpc) is 3.29. The highest BCUT2D eigenvalue weighted by Gasteiger charge is 2.35. The standard InChI is InChI=1S/C20H27N5OS/c1-23-18(21-22-20(23)27)16-9-12-24(13-10-16)19(26)17-8-5-11-25(17)14-15-6-3-2-4-7-15/h2-4,6-7,16-17H,5,8-14H2,1H3,(H,22,27). The fraction of sp³-hybridized carbons (Fsp3) is 0.550. The smallest absolute Gasteiger partial charge is 0.239 e. The monoisotopic (exact) mass is 385 g/mol. The van der Waals surface area contributed by atoms with E-state index in [0.29, 0.717) is 16.6 Å². The maximum absolute atomic E-state index is 13.2. The number of piperidine rings is 1. The van der Waals surface area contributed by atoms with Crippen LogP contribution in [0.5, 0.6) is 0 Å². The number of rotatable bonds is 4. The second kappa shape index (κ2) is 7.94. The van der Waals surface area contributed by atoms with Crippen LogP contribution in [-0.4, -0.2) is 56.1 Å². The molecule has 0 radical (unpaired) electrons. The predicted molar refractivity (Wildman–Crippen MR) is 107 cm³/mol. The molecule has 6 nitrogen and oxygen atoms in total. The molecule has 1 N–H and O–H groups in total. The lowest BCUT2D eigenvalue weighted by atomic mass is 9.95. The molecule has 7 heteroatoms. The first-order valence-corrected chi connectivity index (χ1v) is 10.2. The first-order chi connectivity index (χ1) is 13.1. The first kappa shape index (κ1) is 18.4. The molecule has 0 bridgehead atoms. The Morgan fingerprint density at radius 3 is 2.59 bits per heavy atom. The van der Waals surface area contributed by atoms with Crippen LogP contribution in [0.4, 0.5) is 0 Å². The summed E-state index contributed by atoms with van der Waals surface area (Å²) >= 11 is 5.22. The molecule has 2 aliphatic rings. The fourth-order valence-electron chi connectivity index (χ4n) is 4.41. The number of carbonyl (C=O) groups is 1. The highest BCUT2D eigenvalue weighted by molar-refractivity contribution is 7.71. The number of carbonyl (C=O) groups excluding carboxylic acids is 1. The van der Waals surface area contributed by atoms with Crippen LogP contribution in [-0.2, 0) is 18.4 Å². The first-order valence-electron chi connectivity index (χ1n) is 9.81. The molecule has 1 aromatic heterocycles. The number of aromatic nitrogens is 3. The zero-order valence-electron chi connectivity index (χ0n) is 15.8. The van der Waals surface area contributed by atoms with Crippen LogP contribution in [0.15, 0.2) is 30.3 Å². The van der Waals surface area contributed by atoms with E-state index in [1.165, 1.54) is 5.56 Å². The van der Waals surface area contributed by atoms with E-state index in [4.69, 9.17) is 12.2 Å². The number of nitrogens with zero attached hydrogens (tertiary/aromatic N) is 4. The van der Waals surface area contributed by atoms with Crippen LogP contribution in [0.25, 0.3) is 0 Å². The van der Waals surface area contributed by atoms with E-state index in [-0.39, 0.29) is 6.04 Å². The van der Waals surface area contributed by atoms with Gasteiger partial charge in [0.1, 0.15) is 5.82 Å². The van der Waals surface area contributed by atoms with Crippen molar-refractivity contribution in [2.45, 2.75) is 44.2 Å². The molecule has 1 amide bonds. The SMILES string of the molecule is Cn1c(C2CCN(C(=O)C3CCCN3Cc3ccccc3)CC2)n[nH]c1=S. The Labute approximate surface area is 165 Å². The molecule has 4 rings (SSSR count). The predicted octanol–water partition coefficient (Wildman–Crippen LogP) is 2.85. The summed E-state index contributed by atoms with van der Waals surface area (Å²) in [5.74, 6) is 1.69. The van der Waals surface area contributed by atoms with Crippen molar-refractivity contribution in [2.75, 3.05) is 19.6 Å². The Morgan fingerprint density at radius 2 is 1.93 bits per heavy atom. The molecule has 1 aromatic carbocycles. The number of hydrogen-bond acceptors (Lipinski definition) is 4. The normalized spacial score (nSPS) is 21.7. The van der Waals surface area contributed by atoms with Gasteiger partial charge in [0, 0.05) is 32.6 Å². The number of amides is 1. The number of benzene rings is 1. The van der Waals surface area contributed by atoms with Gasteiger partial charge in [-0.25, -0.2) is 0 Å². The van der Waals surface area contributed by atoms with E-state index in [1.807, 2.05) is 17.7 Å². The quantitative estimate of drug-likeness (QED) is 0.823. The molecule has 2 aromatic rings. The van der Waals surface area contributed by atoms with Crippen molar-refractivity contribution in [3.8, 4) is 0 Å². The van der Waals surface area contributed by atoms with Crippen molar-refractivity contribution < 1.29 is 4.79 Å². The lowest BCUT2D eigenvalue weighted by molar-refractivity contribution is -0.137. The Balaban J connectivity index is 1.37. The summed E-state index contributed by atoms with van der Waals surface area (Å²) in [6.07, 6.45) is 3.97. The minimum atomic E-state index is 0.0301. The Morgan fingerprint density at radius 1 is 1.19 bits per heavy atom. The largest absolute Gasteiger partial charge is 0.341 e. The molecular formula is C20H27N5OS. The topological polar surface area (TPSA) is 57.2 Å². The number of aromatic amines is 1. The van der Waals surface area contributed by atoms with E-state index in [2.05, 4.69) is 44.3 Å². The number of nitrogens with one attached hydrogen (secondary N) is 1. The van der Waals surface area contributed by atoms with Crippen LogP contribution >= 0.6 is 12.2 Å². The van der Waals surface area contributed by atoms with Gasteiger partial charge in [-0.1, -0.05) is 30.3 Å². The molecule has 0 aliphatic carbocycles. The second-order valence-corrected chi connectivity index (χ2v) is 8.05. The van der Waals surface area contributed by atoms with Crippen LogP contribution in [0.3, 0.4) is 0 Å². The lowest BCUT2D eigenvalue weighted by Gasteiger charge is -2.35. The van der Waals surface area contributed by atoms with Gasteiger partial charge in [0.05, 0.1) is 6.04 Å². The van der Waals surface area contributed by atoms with Gasteiger partial charge >= 0.3 is 0 Å². The number of hydrogen-bond donors (Lipinski definition) is 1. The lowest BCUT2D eigenvalue weighted by Crippen LogP contribution is -2.48. The number of H-pyrrole nitrogens is 1. The molecule has 2 aliphatic heterocycles. The molecule has 3 heterocycles. The summed E-state index contributed by atoms with van der Waals surface area (Å²) in [5, 5.41) is 7.25. The van der Waals surface area contributed by atoms with Gasteiger partial charge in [-0.05, 0) is 50.0 Å². The molecule has 27 heavy (non-hydrogen) atoms. The molecule has 0 saturated carbocycles. The van der Waals surface area contributed by atoms with Crippen LogP contribution in [0.1, 0.15) is 43.0 Å². The summed E-state index contributed by atoms with van der Waals surface area (Å²) in [7, 11) is 1.96. The van der Waals surface area contributed by atoms with Gasteiger partial charge in [-0.15, -0.1) is 0 Å². The molecule has 2 fully saturated rings. The summed E-state index contributed by atoms with van der Waals surface area (Å²) < 4.78 is 2.61. The zero-order valence-corrected chi connectivity index (χ0v) is 16.6. The van der Waals surface area contributed by atoms with E-state index in [1.54, 1.807) is 0 Å². The van der Waals surface area contributed by atoms with Crippen LogP contribution in [0.2, 0.25) is 0 Å². The van der Waals surface area contributed by atoms with Gasteiger partial charge in [0.15, 0.2) is 4.77 Å². The van der Waals surface area contributed by atoms with Crippen molar-refractivity contribution in [1.82, 2.24) is 24.6 Å². The molecule has 1 unspecified atom stereocenters. The maximum Gasteiger partial charge on any atom is 0.239 e. The van der Waals surface area contributed by atoms with Crippen molar-refractivity contribution in [1.29, 1.82) is 0 Å². The van der Waals surface area contributed by atoms with Crippen molar-refractivity contribution in [2.24, 2.45) is 7.05 Å². The minimum Gasteiger partial charge on any atom is -0.341 e. The molecule has 2 saturated heterocycles. The van der Waals surface area contributed by atoms with E-state index >= 15 is 0 Å². The van der Waals surface area contributed by atoms with Crippen molar-refractivity contribution in [3.63, 3.8) is 0 Å². The fourth-order valence-corrected chi connectivity index (χ4v) is 4.55.